The first-order valence-corrected chi connectivity index (χ1v) is 13.1. The SMILES string of the molecule is CCOc1ccccc1OCC(=O)N/N=C/c1cc(Br)cc(Br)c1OC(=O)c1cc(OC)c(OC)c(OC)c1. The molecule has 39 heavy (non-hydrogen) atoms. The molecule has 0 unspecified atom stereocenters. The van der Waals surface area contributed by atoms with Gasteiger partial charge in [-0.2, -0.15) is 5.10 Å². The summed E-state index contributed by atoms with van der Waals surface area (Å²) < 4.78 is 33.8. The zero-order chi connectivity index (χ0) is 28.4. The summed E-state index contributed by atoms with van der Waals surface area (Å²) in [6, 6.07) is 13.4. The third kappa shape index (κ3) is 7.87. The Bertz CT molecular complexity index is 1340. The third-order valence-corrected chi connectivity index (χ3v) is 6.08. The Morgan fingerprint density at radius 3 is 2.10 bits per heavy atom. The molecular formula is C27H26Br2N2O8. The van der Waals surface area contributed by atoms with Crippen molar-refractivity contribution in [1.29, 1.82) is 0 Å². The number of hydrazone groups is 1. The van der Waals surface area contributed by atoms with Gasteiger partial charge in [0.05, 0.1) is 44.2 Å². The molecule has 0 aromatic heterocycles. The van der Waals surface area contributed by atoms with Gasteiger partial charge in [0.15, 0.2) is 35.4 Å². The first-order valence-electron chi connectivity index (χ1n) is 11.5. The van der Waals surface area contributed by atoms with E-state index in [4.69, 9.17) is 28.4 Å². The summed E-state index contributed by atoms with van der Waals surface area (Å²) in [4.78, 5) is 25.4. The lowest BCUT2D eigenvalue weighted by molar-refractivity contribution is -0.123. The summed E-state index contributed by atoms with van der Waals surface area (Å²) in [7, 11) is 4.36. The first kappa shape index (κ1) is 29.8. The lowest BCUT2D eigenvalue weighted by Crippen LogP contribution is -2.24. The average Bonchev–Trinajstić information content (AvgIpc) is 2.93. The van der Waals surface area contributed by atoms with Crippen molar-refractivity contribution < 1.29 is 38.0 Å². The number of nitrogens with zero attached hydrogens (tertiary/aromatic N) is 1. The molecule has 0 saturated carbocycles. The Morgan fingerprint density at radius 1 is 0.872 bits per heavy atom. The summed E-state index contributed by atoms with van der Waals surface area (Å²) in [5, 5.41) is 3.99. The number of rotatable bonds is 12. The van der Waals surface area contributed by atoms with E-state index in [1.54, 1.807) is 30.3 Å². The van der Waals surface area contributed by atoms with Crippen LogP contribution in [0.25, 0.3) is 0 Å². The monoisotopic (exact) mass is 664 g/mol. The van der Waals surface area contributed by atoms with Crippen molar-refractivity contribution in [3.63, 3.8) is 0 Å². The fraction of sp³-hybridized carbons (Fsp3) is 0.222. The maximum Gasteiger partial charge on any atom is 0.343 e. The molecular weight excluding hydrogens is 640 g/mol. The first-order chi connectivity index (χ1) is 18.8. The van der Waals surface area contributed by atoms with Crippen molar-refractivity contribution in [2.75, 3.05) is 34.5 Å². The van der Waals surface area contributed by atoms with Gasteiger partial charge in [0, 0.05) is 10.0 Å². The van der Waals surface area contributed by atoms with E-state index >= 15 is 0 Å². The number of hydrogen-bond donors (Lipinski definition) is 1. The minimum atomic E-state index is -0.683. The number of carbonyl (C=O) groups is 2. The van der Waals surface area contributed by atoms with Gasteiger partial charge < -0.3 is 28.4 Å². The predicted octanol–water partition coefficient (Wildman–Crippen LogP) is 5.38. The van der Waals surface area contributed by atoms with Gasteiger partial charge in [-0.1, -0.05) is 28.1 Å². The molecule has 0 aliphatic rings. The highest BCUT2D eigenvalue weighted by molar-refractivity contribution is 9.11. The van der Waals surface area contributed by atoms with Crippen LogP contribution in [-0.4, -0.2) is 52.6 Å². The topological polar surface area (TPSA) is 114 Å². The molecule has 206 valence electrons. The van der Waals surface area contributed by atoms with Crippen LogP contribution >= 0.6 is 31.9 Å². The molecule has 0 atom stereocenters. The molecule has 3 aromatic carbocycles. The molecule has 0 radical (unpaired) electrons. The minimum Gasteiger partial charge on any atom is -0.493 e. The van der Waals surface area contributed by atoms with Crippen molar-refractivity contribution in [3.8, 4) is 34.5 Å². The quantitative estimate of drug-likeness (QED) is 0.119. The average molecular weight is 666 g/mol. The summed E-state index contributed by atoms with van der Waals surface area (Å²) in [5.41, 5.74) is 2.96. The van der Waals surface area contributed by atoms with Crippen LogP contribution in [0, 0.1) is 0 Å². The highest BCUT2D eigenvalue weighted by Crippen LogP contribution is 2.39. The number of methoxy groups -OCH3 is 3. The number of carbonyl (C=O) groups excluding carboxylic acids is 2. The smallest absolute Gasteiger partial charge is 0.343 e. The summed E-state index contributed by atoms with van der Waals surface area (Å²) in [6.45, 7) is 2.03. The number of nitrogens with one attached hydrogen (secondary N) is 1. The Kier molecular flexibility index (Phi) is 11.0. The Balaban J connectivity index is 1.75. The molecule has 0 heterocycles. The molecule has 3 aromatic rings. The van der Waals surface area contributed by atoms with Crippen LogP contribution in [-0.2, 0) is 4.79 Å². The van der Waals surface area contributed by atoms with E-state index in [-0.39, 0.29) is 17.9 Å². The molecule has 1 amide bonds. The number of ether oxygens (including phenoxy) is 6. The van der Waals surface area contributed by atoms with Gasteiger partial charge in [-0.3, -0.25) is 4.79 Å². The lowest BCUT2D eigenvalue weighted by atomic mass is 10.1. The lowest BCUT2D eigenvalue weighted by Gasteiger charge is -2.15. The number of hydrogen-bond acceptors (Lipinski definition) is 9. The summed E-state index contributed by atoms with van der Waals surface area (Å²) >= 11 is 6.82. The normalized spacial score (nSPS) is 10.6. The standard InChI is InChI=1S/C27H26Br2N2O8/c1-5-37-20-8-6-7-9-21(20)38-15-24(32)31-30-14-17-10-18(28)13-19(29)25(17)39-27(33)16-11-22(34-2)26(36-4)23(12-16)35-3/h6-14H,5,15H2,1-4H3,(H,31,32)/b30-14+. The number of amides is 1. The Labute approximate surface area is 242 Å². The molecule has 0 saturated heterocycles. The van der Waals surface area contributed by atoms with E-state index in [9.17, 15) is 9.59 Å². The number of benzene rings is 3. The van der Waals surface area contributed by atoms with Crippen molar-refractivity contribution >= 4 is 50.0 Å². The van der Waals surface area contributed by atoms with Crippen molar-refractivity contribution in [2.24, 2.45) is 5.10 Å². The molecule has 0 aliphatic heterocycles. The van der Waals surface area contributed by atoms with Gasteiger partial charge in [-0.25, -0.2) is 10.2 Å². The Morgan fingerprint density at radius 2 is 1.51 bits per heavy atom. The maximum absolute atomic E-state index is 13.1. The molecule has 1 N–H and O–H groups in total. The number of halogens is 2. The van der Waals surface area contributed by atoms with Gasteiger partial charge in [-0.05, 0) is 59.3 Å². The van der Waals surface area contributed by atoms with E-state index in [0.29, 0.717) is 49.9 Å². The van der Waals surface area contributed by atoms with Crippen LogP contribution in [0.15, 0.2) is 62.6 Å². The highest BCUT2D eigenvalue weighted by Gasteiger charge is 2.20. The molecule has 0 bridgehead atoms. The van der Waals surface area contributed by atoms with Crippen LogP contribution in [0.3, 0.4) is 0 Å². The van der Waals surface area contributed by atoms with Crippen LogP contribution in [0.4, 0.5) is 0 Å². The molecule has 3 rings (SSSR count). The fourth-order valence-electron chi connectivity index (χ4n) is 3.33. The second kappa shape index (κ2) is 14.4. The number of para-hydroxylation sites is 2. The van der Waals surface area contributed by atoms with Crippen molar-refractivity contribution in [3.05, 3.63) is 68.6 Å². The van der Waals surface area contributed by atoms with Crippen molar-refractivity contribution in [2.45, 2.75) is 6.92 Å². The van der Waals surface area contributed by atoms with Crippen LogP contribution in [0.1, 0.15) is 22.8 Å². The highest BCUT2D eigenvalue weighted by atomic mass is 79.9. The van der Waals surface area contributed by atoms with Crippen LogP contribution in [0.5, 0.6) is 34.5 Å². The van der Waals surface area contributed by atoms with E-state index in [2.05, 4.69) is 42.4 Å². The van der Waals surface area contributed by atoms with Crippen molar-refractivity contribution in [1.82, 2.24) is 5.43 Å². The molecule has 0 spiro atoms. The zero-order valence-corrected chi connectivity index (χ0v) is 24.8. The second-order valence-corrected chi connectivity index (χ2v) is 9.34. The van der Waals surface area contributed by atoms with Gasteiger partial charge in [0.2, 0.25) is 5.75 Å². The zero-order valence-electron chi connectivity index (χ0n) is 21.6. The predicted molar refractivity (Wildman–Crippen MR) is 152 cm³/mol. The molecule has 0 fully saturated rings. The van der Waals surface area contributed by atoms with E-state index in [1.165, 1.54) is 39.7 Å². The van der Waals surface area contributed by atoms with Gasteiger partial charge >= 0.3 is 5.97 Å². The van der Waals surface area contributed by atoms with Crippen LogP contribution < -0.4 is 33.8 Å². The number of esters is 1. The van der Waals surface area contributed by atoms with Gasteiger partial charge in [0.1, 0.15) is 0 Å². The summed E-state index contributed by atoms with van der Waals surface area (Å²) in [6.07, 6.45) is 1.35. The van der Waals surface area contributed by atoms with E-state index < -0.39 is 11.9 Å². The minimum absolute atomic E-state index is 0.167. The van der Waals surface area contributed by atoms with Gasteiger partial charge in [0.25, 0.3) is 5.91 Å². The van der Waals surface area contributed by atoms with Crippen LogP contribution in [0.2, 0.25) is 0 Å². The second-order valence-electron chi connectivity index (χ2n) is 7.57. The molecule has 0 aliphatic carbocycles. The van der Waals surface area contributed by atoms with E-state index in [0.717, 1.165) is 0 Å². The summed E-state index contributed by atoms with van der Waals surface area (Å²) in [5.74, 6) is 0.916. The maximum atomic E-state index is 13.1. The fourth-order valence-corrected chi connectivity index (χ4v) is 4.67. The van der Waals surface area contributed by atoms with E-state index in [1.807, 2.05) is 13.0 Å². The Hall–Kier alpha value is -3.77. The van der Waals surface area contributed by atoms with Gasteiger partial charge in [-0.15, -0.1) is 0 Å². The molecule has 10 nitrogen and oxygen atoms in total. The molecule has 12 heteroatoms. The largest absolute Gasteiger partial charge is 0.493 e. The third-order valence-electron chi connectivity index (χ3n) is 5.03.